The van der Waals surface area contributed by atoms with Crippen LogP contribution in [0.5, 0.6) is 0 Å². The van der Waals surface area contributed by atoms with E-state index >= 15 is 0 Å². The van der Waals surface area contributed by atoms with Gasteiger partial charge in [-0.15, -0.1) is 0 Å². The number of H-pyrrole nitrogens is 1. The Labute approximate surface area is 74.1 Å². The molecule has 1 aromatic heterocycles. The van der Waals surface area contributed by atoms with E-state index in [1.165, 1.54) is 0 Å². The second kappa shape index (κ2) is 2.84. The summed E-state index contributed by atoms with van der Waals surface area (Å²) in [6, 6.07) is 0. The number of hydrogen-bond acceptors (Lipinski definition) is 2. The molecule has 0 bridgehead atoms. The number of aromatic amines is 1. The number of aromatic nitrogens is 2. The van der Waals surface area contributed by atoms with Gasteiger partial charge in [0.25, 0.3) is 5.56 Å². The summed E-state index contributed by atoms with van der Waals surface area (Å²) in [4.78, 5) is 17.3. The first-order chi connectivity index (χ1) is 4.61. The second-order valence-electron chi connectivity index (χ2n) is 1.76. The fourth-order valence-electron chi connectivity index (χ4n) is 0.489. The molecule has 0 saturated heterocycles. The van der Waals surface area contributed by atoms with Gasteiger partial charge < -0.3 is 4.98 Å². The highest BCUT2D eigenvalue weighted by molar-refractivity contribution is 9.10. The molecular weight excluding hydrogens is 264 g/mol. The average Bonchev–Trinajstić information content (AvgIpc) is 1.84. The Hall–Kier alpha value is -0.160. The first-order valence-corrected chi connectivity index (χ1v) is 4.12. The van der Waals surface area contributed by atoms with Gasteiger partial charge in [0, 0.05) is 0 Å². The van der Waals surface area contributed by atoms with Crippen LogP contribution >= 0.6 is 31.9 Å². The van der Waals surface area contributed by atoms with Gasteiger partial charge in [0.2, 0.25) is 0 Å². The third-order valence-electron chi connectivity index (χ3n) is 0.994. The van der Waals surface area contributed by atoms with E-state index in [0.29, 0.717) is 9.21 Å². The van der Waals surface area contributed by atoms with Gasteiger partial charge in [-0.25, -0.2) is 4.98 Å². The summed E-state index contributed by atoms with van der Waals surface area (Å²) in [7, 11) is 0. The van der Waals surface area contributed by atoms with Crippen molar-refractivity contribution in [3.05, 3.63) is 25.3 Å². The average molecular weight is 268 g/mol. The van der Waals surface area contributed by atoms with E-state index in [4.69, 9.17) is 0 Å². The van der Waals surface area contributed by atoms with Crippen LogP contribution in [0.3, 0.4) is 0 Å². The first kappa shape index (κ1) is 7.94. The van der Waals surface area contributed by atoms with Crippen LogP contribution in [0, 0.1) is 6.92 Å². The zero-order valence-corrected chi connectivity index (χ0v) is 8.28. The molecule has 1 aromatic rings. The second-order valence-corrected chi connectivity index (χ2v) is 3.30. The molecule has 0 unspecified atom stereocenters. The van der Waals surface area contributed by atoms with Gasteiger partial charge >= 0.3 is 0 Å². The lowest BCUT2D eigenvalue weighted by Gasteiger charge is -1.94. The standard InChI is InChI=1S/C5H4Br2N2O/c1-2-3(6)9-5(10)4(7)8-2/h1H3,(H,9,10). The quantitative estimate of drug-likeness (QED) is 0.776. The van der Waals surface area contributed by atoms with Crippen molar-refractivity contribution < 1.29 is 0 Å². The summed E-state index contributed by atoms with van der Waals surface area (Å²) in [6.45, 7) is 1.80. The number of rotatable bonds is 0. The van der Waals surface area contributed by atoms with Crippen molar-refractivity contribution in [1.82, 2.24) is 9.97 Å². The van der Waals surface area contributed by atoms with Gasteiger partial charge in [0.1, 0.15) is 4.60 Å². The SMILES string of the molecule is Cc1nc(Br)c(=O)[nH]c1Br. The molecule has 0 saturated carbocycles. The largest absolute Gasteiger partial charge is 0.313 e. The molecule has 0 spiro atoms. The number of nitrogens with one attached hydrogen (secondary N) is 1. The smallest absolute Gasteiger partial charge is 0.281 e. The summed E-state index contributed by atoms with van der Waals surface area (Å²) in [5, 5.41) is 0. The van der Waals surface area contributed by atoms with Gasteiger partial charge in [-0.05, 0) is 38.8 Å². The van der Waals surface area contributed by atoms with E-state index in [9.17, 15) is 4.79 Å². The maximum Gasteiger partial charge on any atom is 0.281 e. The zero-order valence-electron chi connectivity index (χ0n) is 5.11. The molecule has 0 aliphatic rings. The fourth-order valence-corrected chi connectivity index (χ4v) is 1.12. The summed E-state index contributed by atoms with van der Waals surface area (Å²) < 4.78 is 0.939. The van der Waals surface area contributed by atoms with Gasteiger partial charge in [-0.2, -0.15) is 0 Å². The molecule has 0 atom stereocenters. The zero-order chi connectivity index (χ0) is 7.72. The van der Waals surface area contributed by atoms with Crippen LogP contribution in [0.25, 0.3) is 0 Å². The highest BCUT2D eigenvalue weighted by atomic mass is 79.9. The van der Waals surface area contributed by atoms with Crippen molar-refractivity contribution in [2.24, 2.45) is 0 Å². The predicted molar refractivity (Wildman–Crippen MR) is 45.0 cm³/mol. The number of hydrogen-bond donors (Lipinski definition) is 1. The van der Waals surface area contributed by atoms with Gasteiger partial charge in [-0.1, -0.05) is 0 Å². The monoisotopic (exact) mass is 266 g/mol. The van der Waals surface area contributed by atoms with Crippen LogP contribution in [0.4, 0.5) is 0 Å². The van der Waals surface area contributed by atoms with Crippen molar-refractivity contribution >= 4 is 31.9 Å². The summed E-state index contributed by atoms with van der Waals surface area (Å²) in [5.74, 6) is 0. The summed E-state index contributed by atoms with van der Waals surface area (Å²) in [5.41, 5.74) is 0.531. The molecule has 1 N–H and O–H groups in total. The van der Waals surface area contributed by atoms with E-state index in [-0.39, 0.29) is 5.56 Å². The Balaban J connectivity index is 3.43. The topological polar surface area (TPSA) is 45.8 Å². The molecule has 5 heteroatoms. The lowest BCUT2D eigenvalue weighted by Crippen LogP contribution is -2.10. The highest BCUT2D eigenvalue weighted by Crippen LogP contribution is 2.09. The highest BCUT2D eigenvalue weighted by Gasteiger charge is 2.00. The van der Waals surface area contributed by atoms with E-state index in [0.717, 1.165) is 5.69 Å². The summed E-state index contributed by atoms with van der Waals surface area (Å²) >= 11 is 6.15. The Morgan fingerprint density at radius 1 is 1.50 bits per heavy atom. The molecule has 0 fully saturated rings. The fraction of sp³-hybridized carbons (Fsp3) is 0.200. The summed E-state index contributed by atoms with van der Waals surface area (Å²) in [6.07, 6.45) is 0. The predicted octanol–water partition coefficient (Wildman–Crippen LogP) is 1.60. The minimum absolute atomic E-state index is 0.225. The lowest BCUT2D eigenvalue weighted by atomic mass is 10.5. The van der Waals surface area contributed by atoms with Crippen molar-refractivity contribution in [3.63, 3.8) is 0 Å². The van der Waals surface area contributed by atoms with E-state index in [2.05, 4.69) is 41.8 Å². The van der Waals surface area contributed by atoms with E-state index < -0.39 is 0 Å². The van der Waals surface area contributed by atoms with Crippen LogP contribution in [-0.4, -0.2) is 9.97 Å². The number of aryl methyl sites for hydroxylation is 1. The van der Waals surface area contributed by atoms with Gasteiger partial charge in [-0.3, -0.25) is 4.79 Å². The third-order valence-corrected chi connectivity index (χ3v) is 2.30. The van der Waals surface area contributed by atoms with Gasteiger partial charge in [0.05, 0.1) is 5.69 Å². The third kappa shape index (κ3) is 1.46. The molecule has 0 aliphatic heterocycles. The van der Waals surface area contributed by atoms with Crippen LogP contribution in [0.2, 0.25) is 0 Å². The maximum absolute atomic E-state index is 10.8. The lowest BCUT2D eigenvalue weighted by molar-refractivity contribution is 1.01. The number of nitrogens with zero attached hydrogens (tertiary/aromatic N) is 1. The Bertz CT molecular complexity index is 307. The minimum atomic E-state index is -0.225. The van der Waals surface area contributed by atoms with Crippen LogP contribution < -0.4 is 5.56 Å². The van der Waals surface area contributed by atoms with E-state index in [1.807, 2.05) is 0 Å². The van der Waals surface area contributed by atoms with Gasteiger partial charge in [0.15, 0.2) is 4.60 Å². The number of halogens is 2. The molecule has 1 heterocycles. The molecule has 0 aromatic carbocycles. The first-order valence-electron chi connectivity index (χ1n) is 2.53. The maximum atomic E-state index is 10.8. The van der Waals surface area contributed by atoms with Crippen LogP contribution in [0.1, 0.15) is 5.69 Å². The molecule has 1 rings (SSSR count). The van der Waals surface area contributed by atoms with Crippen molar-refractivity contribution in [2.75, 3.05) is 0 Å². The van der Waals surface area contributed by atoms with Crippen molar-refractivity contribution in [1.29, 1.82) is 0 Å². The molecule has 10 heavy (non-hydrogen) atoms. The molecule has 0 radical (unpaired) electrons. The molecular formula is C5H4Br2N2O. The van der Waals surface area contributed by atoms with Crippen LogP contribution in [0.15, 0.2) is 14.0 Å². The normalized spacial score (nSPS) is 9.90. The molecule has 0 amide bonds. The molecule has 3 nitrogen and oxygen atoms in total. The van der Waals surface area contributed by atoms with Crippen molar-refractivity contribution in [2.45, 2.75) is 6.92 Å². The van der Waals surface area contributed by atoms with Crippen LogP contribution in [-0.2, 0) is 0 Å². The molecule has 54 valence electrons. The Morgan fingerprint density at radius 3 is 2.60 bits per heavy atom. The molecule has 0 aliphatic carbocycles. The Morgan fingerprint density at radius 2 is 2.10 bits per heavy atom. The van der Waals surface area contributed by atoms with E-state index in [1.54, 1.807) is 6.92 Å². The Kier molecular flexibility index (Phi) is 2.25. The minimum Gasteiger partial charge on any atom is -0.313 e. The van der Waals surface area contributed by atoms with Crippen molar-refractivity contribution in [3.8, 4) is 0 Å².